The van der Waals surface area contributed by atoms with Crippen LogP contribution in [0.25, 0.3) is 0 Å². The van der Waals surface area contributed by atoms with E-state index >= 15 is 0 Å². The highest BCUT2D eigenvalue weighted by Gasteiger charge is 2.45. The van der Waals surface area contributed by atoms with Crippen molar-refractivity contribution < 1.29 is 9.63 Å². The molecule has 80 valence electrons. The number of carbonyl (C=O) groups is 1. The van der Waals surface area contributed by atoms with Gasteiger partial charge in [-0.05, 0) is 17.9 Å². The maximum Gasteiger partial charge on any atom is 0.249 e. The summed E-state index contributed by atoms with van der Waals surface area (Å²) in [5, 5.41) is 1.31. The molecule has 0 spiro atoms. The molecular formula is C12H15NO2. The SMILES string of the molecule is CON(C)C(=O)C1C[C@H]1c1ccccc1. The van der Waals surface area contributed by atoms with Gasteiger partial charge in [-0.3, -0.25) is 9.63 Å². The molecule has 1 aliphatic rings. The summed E-state index contributed by atoms with van der Waals surface area (Å²) in [7, 11) is 3.17. The van der Waals surface area contributed by atoms with Crippen LogP contribution in [0, 0.1) is 5.92 Å². The maximum absolute atomic E-state index is 11.7. The Labute approximate surface area is 89.6 Å². The Balaban J connectivity index is 2.00. The molecule has 3 heteroatoms. The second kappa shape index (κ2) is 4.03. The summed E-state index contributed by atoms with van der Waals surface area (Å²) in [6.07, 6.45) is 0.941. The Morgan fingerprint density at radius 2 is 2.07 bits per heavy atom. The van der Waals surface area contributed by atoms with Gasteiger partial charge in [-0.1, -0.05) is 30.3 Å². The number of carbonyl (C=O) groups excluding carboxylic acids is 1. The second-order valence-electron chi connectivity index (χ2n) is 3.88. The molecule has 0 heterocycles. The molecule has 0 bridgehead atoms. The lowest BCUT2D eigenvalue weighted by atomic mass is 10.1. The zero-order valence-electron chi connectivity index (χ0n) is 9.01. The molecule has 1 aliphatic carbocycles. The predicted molar refractivity (Wildman–Crippen MR) is 57.1 cm³/mol. The molecule has 1 unspecified atom stereocenters. The van der Waals surface area contributed by atoms with Crippen molar-refractivity contribution in [3.05, 3.63) is 35.9 Å². The highest BCUT2D eigenvalue weighted by atomic mass is 16.7. The van der Waals surface area contributed by atoms with Crippen molar-refractivity contribution in [3.8, 4) is 0 Å². The lowest BCUT2D eigenvalue weighted by Crippen LogP contribution is -2.27. The van der Waals surface area contributed by atoms with Crippen LogP contribution in [-0.2, 0) is 9.63 Å². The van der Waals surface area contributed by atoms with Crippen molar-refractivity contribution in [2.24, 2.45) is 5.92 Å². The third kappa shape index (κ3) is 2.02. The molecule has 0 aliphatic heterocycles. The number of amides is 1. The Morgan fingerprint density at radius 3 is 2.67 bits per heavy atom. The Kier molecular flexibility index (Phi) is 2.73. The molecule has 3 nitrogen and oxygen atoms in total. The van der Waals surface area contributed by atoms with Crippen LogP contribution < -0.4 is 0 Å². The molecule has 1 amide bonds. The van der Waals surface area contributed by atoms with Gasteiger partial charge >= 0.3 is 0 Å². The molecule has 0 radical (unpaired) electrons. The largest absolute Gasteiger partial charge is 0.275 e. The predicted octanol–water partition coefficient (Wildman–Crippen LogP) is 1.81. The van der Waals surface area contributed by atoms with Crippen LogP contribution in [0.4, 0.5) is 0 Å². The number of hydrogen-bond acceptors (Lipinski definition) is 2. The Morgan fingerprint density at radius 1 is 1.40 bits per heavy atom. The summed E-state index contributed by atoms with van der Waals surface area (Å²) in [5.41, 5.74) is 1.25. The topological polar surface area (TPSA) is 29.5 Å². The van der Waals surface area contributed by atoms with E-state index in [1.807, 2.05) is 18.2 Å². The van der Waals surface area contributed by atoms with E-state index in [0.717, 1.165) is 6.42 Å². The van der Waals surface area contributed by atoms with Gasteiger partial charge in [0.1, 0.15) is 0 Å². The van der Waals surface area contributed by atoms with Crippen molar-refractivity contribution in [1.82, 2.24) is 5.06 Å². The maximum atomic E-state index is 11.7. The molecule has 2 atom stereocenters. The molecule has 0 N–H and O–H groups in total. The van der Waals surface area contributed by atoms with Gasteiger partial charge in [-0.15, -0.1) is 0 Å². The van der Waals surface area contributed by atoms with E-state index in [1.165, 1.54) is 17.7 Å². The van der Waals surface area contributed by atoms with Gasteiger partial charge < -0.3 is 0 Å². The summed E-state index contributed by atoms with van der Waals surface area (Å²) >= 11 is 0. The van der Waals surface area contributed by atoms with E-state index in [2.05, 4.69) is 12.1 Å². The molecule has 1 aromatic rings. The number of rotatable bonds is 3. The van der Waals surface area contributed by atoms with Crippen LogP contribution in [0.15, 0.2) is 30.3 Å². The van der Waals surface area contributed by atoms with Crippen LogP contribution in [0.5, 0.6) is 0 Å². The van der Waals surface area contributed by atoms with Crippen molar-refractivity contribution >= 4 is 5.91 Å². The Bertz CT molecular complexity index is 350. The van der Waals surface area contributed by atoms with Gasteiger partial charge in [0.2, 0.25) is 5.91 Å². The fraction of sp³-hybridized carbons (Fsp3) is 0.417. The van der Waals surface area contributed by atoms with Crippen molar-refractivity contribution in [3.63, 3.8) is 0 Å². The summed E-state index contributed by atoms with van der Waals surface area (Å²) < 4.78 is 0. The van der Waals surface area contributed by atoms with Gasteiger partial charge in [-0.2, -0.15) is 0 Å². The number of hydrogen-bond donors (Lipinski definition) is 0. The summed E-state index contributed by atoms with van der Waals surface area (Å²) in [5.74, 6) is 0.569. The fourth-order valence-electron chi connectivity index (χ4n) is 1.86. The van der Waals surface area contributed by atoms with E-state index in [1.54, 1.807) is 7.05 Å². The minimum absolute atomic E-state index is 0.0753. The molecule has 2 rings (SSSR count). The van der Waals surface area contributed by atoms with Crippen molar-refractivity contribution in [1.29, 1.82) is 0 Å². The molecule has 0 saturated heterocycles. The number of hydroxylamine groups is 2. The highest BCUT2D eigenvalue weighted by molar-refractivity contribution is 5.81. The smallest absolute Gasteiger partial charge is 0.249 e. The minimum atomic E-state index is 0.0753. The van der Waals surface area contributed by atoms with E-state index < -0.39 is 0 Å². The Hall–Kier alpha value is -1.35. The lowest BCUT2D eigenvalue weighted by Gasteiger charge is -2.13. The van der Waals surface area contributed by atoms with Gasteiger partial charge in [0.15, 0.2) is 0 Å². The number of nitrogens with zero attached hydrogens (tertiary/aromatic N) is 1. The zero-order chi connectivity index (χ0) is 10.8. The average molecular weight is 205 g/mol. The van der Waals surface area contributed by atoms with Crippen molar-refractivity contribution in [2.45, 2.75) is 12.3 Å². The van der Waals surface area contributed by atoms with E-state index in [-0.39, 0.29) is 11.8 Å². The first-order chi connectivity index (χ1) is 7.24. The summed E-state index contributed by atoms with van der Waals surface area (Å²) in [6.45, 7) is 0. The van der Waals surface area contributed by atoms with Gasteiger partial charge in [0.25, 0.3) is 0 Å². The van der Waals surface area contributed by atoms with Gasteiger partial charge in [0, 0.05) is 13.0 Å². The minimum Gasteiger partial charge on any atom is -0.275 e. The fourth-order valence-corrected chi connectivity index (χ4v) is 1.86. The highest BCUT2D eigenvalue weighted by Crippen LogP contribution is 2.48. The van der Waals surface area contributed by atoms with Crippen LogP contribution in [0.3, 0.4) is 0 Å². The first kappa shape index (κ1) is 10.2. The van der Waals surface area contributed by atoms with Crippen LogP contribution in [0.1, 0.15) is 17.9 Å². The van der Waals surface area contributed by atoms with E-state index in [4.69, 9.17) is 4.84 Å². The molecular weight excluding hydrogens is 190 g/mol. The van der Waals surface area contributed by atoms with Crippen LogP contribution >= 0.6 is 0 Å². The standard InChI is InChI=1S/C12H15NO2/c1-13(15-2)12(14)11-8-10(11)9-6-4-3-5-7-9/h3-7,10-11H,8H2,1-2H3/t10-,11?/m0/s1. The molecule has 1 fully saturated rings. The van der Waals surface area contributed by atoms with E-state index in [0.29, 0.717) is 5.92 Å². The summed E-state index contributed by atoms with van der Waals surface area (Å²) in [6, 6.07) is 10.2. The van der Waals surface area contributed by atoms with Crippen LogP contribution in [0.2, 0.25) is 0 Å². The molecule has 0 aromatic heterocycles. The monoisotopic (exact) mass is 205 g/mol. The van der Waals surface area contributed by atoms with Gasteiger partial charge in [-0.25, -0.2) is 5.06 Å². The third-order valence-electron chi connectivity index (χ3n) is 2.92. The van der Waals surface area contributed by atoms with E-state index in [9.17, 15) is 4.79 Å². The first-order valence-corrected chi connectivity index (χ1v) is 5.10. The van der Waals surface area contributed by atoms with Gasteiger partial charge in [0.05, 0.1) is 7.11 Å². The van der Waals surface area contributed by atoms with Crippen molar-refractivity contribution in [2.75, 3.05) is 14.2 Å². The number of benzene rings is 1. The molecule has 15 heavy (non-hydrogen) atoms. The summed E-state index contributed by atoms with van der Waals surface area (Å²) in [4.78, 5) is 16.6. The van der Waals surface area contributed by atoms with Crippen LogP contribution in [-0.4, -0.2) is 25.1 Å². The zero-order valence-corrected chi connectivity index (χ0v) is 9.01. The second-order valence-corrected chi connectivity index (χ2v) is 3.88. The normalized spacial score (nSPS) is 23.6. The lowest BCUT2D eigenvalue weighted by molar-refractivity contribution is -0.170. The first-order valence-electron chi connectivity index (χ1n) is 5.10. The molecule has 1 aromatic carbocycles. The molecule has 1 saturated carbocycles. The third-order valence-corrected chi connectivity index (χ3v) is 2.92. The average Bonchev–Trinajstić information content (AvgIpc) is 3.08. The quantitative estimate of drug-likeness (QED) is 0.704.